The number of nitrogens with zero attached hydrogens (tertiary/aromatic N) is 1. The molecule has 32 heavy (non-hydrogen) atoms. The van der Waals surface area contributed by atoms with E-state index in [4.69, 9.17) is 4.74 Å². The number of rotatable bonds is 5. The van der Waals surface area contributed by atoms with Gasteiger partial charge in [-0.1, -0.05) is 26.0 Å². The Labute approximate surface area is 190 Å². The van der Waals surface area contributed by atoms with E-state index < -0.39 is 18.2 Å². The van der Waals surface area contributed by atoms with E-state index in [-0.39, 0.29) is 24.8 Å². The molecule has 4 saturated carbocycles. The molecule has 0 aromatic heterocycles. The Morgan fingerprint density at radius 2 is 1.66 bits per heavy atom. The molecule has 1 saturated heterocycles. The summed E-state index contributed by atoms with van der Waals surface area (Å²) in [4.78, 5) is 26.7. The van der Waals surface area contributed by atoms with Crippen molar-refractivity contribution in [3.63, 3.8) is 0 Å². The Morgan fingerprint density at radius 1 is 1.06 bits per heavy atom. The van der Waals surface area contributed by atoms with Crippen molar-refractivity contribution >= 4 is 17.7 Å². The van der Waals surface area contributed by atoms with Gasteiger partial charge in [0.2, 0.25) is 5.91 Å². The van der Waals surface area contributed by atoms with Gasteiger partial charge in [-0.2, -0.15) is 0 Å². The molecular formula is C26H36N2O4. The maximum absolute atomic E-state index is 12.9. The number of β-amino-alcohol motifs (C(OH)–C–C–N with tert-alkyl or cyclic N) is 1. The van der Waals surface area contributed by atoms with Crippen LogP contribution in [-0.4, -0.2) is 47.3 Å². The Kier molecular flexibility index (Phi) is 5.68. The molecular weight excluding hydrogens is 404 g/mol. The highest BCUT2D eigenvalue weighted by molar-refractivity contribution is 5.97. The van der Waals surface area contributed by atoms with E-state index in [1.165, 1.54) is 49.0 Å². The van der Waals surface area contributed by atoms with Crippen molar-refractivity contribution in [2.45, 2.75) is 76.4 Å². The van der Waals surface area contributed by atoms with Crippen LogP contribution in [0.15, 0.2) is 24.3 Å². The number of hydrogen-bond donors (Lipinski definition) is 2. The summed E-state index contributed by atoms with van der Waals surface area (Å²) in [5.74, 6) is 2.64. The van der Waals surface area contributed by atoms with Gasteiger partial charge in [-0.3, -0.25) is 9.69 Å². The molecule has 6 heteroatoms. The van der Waals surface area contributed by atoms with Crippen molar-refractivity contribution in [1.29, 1.82) is 0 Å². The molecule has 4 aliphatic carbocycles. The van der Waals surface area contributed by atoms with E-state index >= 15 is 0 Å². The maximum atomic E-state index is 12.9. The van der Waals surface area contributed by atoms with Crippen molar-refractivity contribution in [1.82, 2.24) is 4.90 Å². The molecule has 2 amide bonds. The number of carbonyl (C=O) groups excluding carboxylic acids is 2. The van der Waals surface area contributed by atoms with Crippen molar-refractivity contribution < 1.29 is 19.4 Å². The van der Waals surface area contributed by atoms with Gasteiger partial charge in [0, 0.05) is 12.1 Å². The van der Waals surface area contributed by atoms with E-state index in [1.54, 1.807) is 0 Å². The first-order valence-electron chi connectivity index (χ1n) is 12.3. The molecule has 1 heterocycles. The average molecular weight is 441 g/mol. The lowest BCUT2D eigenvalue weighted by atomic mass is 9.48. The molecule has 174 valence electrons. The smallest absolute Gasteiger partial charge is 0.410 e. The molecule has 5 fully saturated rings. The first kappa shape index (κ1) is 21.7. The van der Waals surface area contributed by atoms with Gasteiger partial charge in [0.1, 0.15) is 6.04 Å². The first-order chi connectivity index (χ1) is 15.3. The first-order valence-corrected chi connectivity index (χ1v) is 12.3. The highest BCUT2D eigenvalue weighted by Gasteiger charge is 2.51. The molecule has 1 unspecified atom stereocenters. The van der Waals surface area contributed by atoms with Gasteiger partial charge in [0.15, 0.2) is 0 Å². The number of ether oxygens (including phenoxy) is 1. The predicted molar refractivity (Wildman–Crippen MR) is 122 cm³/mol. The third-order valence-corrected chi connectivity index (χ3v) is 8.16. The van der Waals surface area contributed by atoms with E-state index in [2.05, 4.69) is 17.4 Å². The van der Waals surface area contributed by atoms with Crippen LogP contribution in [0.4, 0.5) is 10.5 Å². The molecule has 0 radical (unpaired) electrons. The third kappa shape index (κ3) is 4.14. The number of aliphatic hydroxyl groups excluding tert-OH is 1. The Hall–Kier alpha value is -2.08. The number of benzene rings is 1. The average Bonchev–Trinajstić information content (AvgIpc) is 3.13. The lowest BCUT2D eigenvalue weighted by Gasteiger charge is -2.57. The summed E-state index contributed by atoms with van der Waals surface area (Å²) in [5.41, 5.74) is 2.49. The lowest BCUT2D eigenvalue weighted by Crippen LogP contribution is -2.48. The summed E-state index contributed by atoms with van der Waals surface area (Å²) in [6, 6.07) is 7.67. The fraction of sp³-hybridized carbons (Fsp3) is 0.692. The topological polar surface area (TPSA) is 78.9 Å². The third-order valence-electron chi connectivity index (χ3n) is 8.16. The molecule has 1 aromatic carbocycles. The standard InChI is InChI=1S/C26H36N2O4/c1-16(2)15-32-25(31)28-14-22(29)10-23(28)24(30)27-21-5-3-20(4-6-21)26-11-17-7-18(12-26)9-19(8-17)13-26/h3-6,16-19,22-23,29H,7-15H2,1-2H3,(H,27,30)/t17?,18?,19?,22?,23-,26?/m0/s1. The van der Waals surface area contributed by atoms with Crippen LogP contribution >= 0.6 is 0 Å². The summed E-state index contributed by atoms with van der Waals surface area (Å²) in [7, 11) is 0. The predicted octanol–water partition coefficient (Wildman–Crippen LogP) is 4.32. The summed E-state index contributed by atoms with van der Waals surface area (Å²) in [6.45, 7) is 4.35. The van der Waals surface area contributed by atoms with Gasteiger partial charge >= 0.3 is 6.09 Å². The molecule has 1 aliphatic heterocycles. The van der Waals surface area contributed by atoms with E-state index in [9.17, 15) is 14.7 Å². The zero-order valence-corrected chi connectivity index (χ0v) is 19.3. The van der Waals surface area contributed by atoms with Crippen molar-refractivity contribution in [2.24, 2.45) is 23.7 Å². The number of anilines is 1. The van der Waals surface area contributed by atoms with Crippen molar-refractivity contribution in [2.75, 3.05) is 18.5 Å². The number of aliphatic hydroxyl groups is 1. The normalized spacial score (nSPS) is 35.4. The van der Waals surface area contributed by atoms with Crippen LogP contribution in [0.3, 0.4) is 0 Å². The molecule has 4 bridgehead atoms. The Bertz CT molecular complexity index is 830. The van der Waals surface area contributed by atoms with Crippen LogP contribution in [0.25, 0.3) is 0 Å². The highest BCUT2D eigenvalue weighted by Crippen LogP contribution is 2.60. The van der Waals surface area contributed by atoms with Gasteiger partial charge in [0.25, 0.3) is 0 Å². The van der Waals surface area contributed by atoms with Crippen LogP contribution in [0.1, 0.15) is 64.4 Å². The molecule has 6 nitrogen and oxygen atoms in total. The minimum absolute atomic E-state index is 0.125. The molecule has 2 atom stereocenters. The largest absolute Gasteiger partial charge is 0.449 e. The zero-order valence-electron chi connectivity index (χ0n) is 19.3. The second-order valence-electron chi connectivity index (χ2n) is 11.3. The SMILES string of the molecule is CC(C)COC(=O)N1CC(O)C[C@H]1C(=O)Nc1ccc(C23CC4CC(CC(C4)C2)C3)cc1. The van der Waals surface area contributed by atoms with Gasteiger partial charge in [0.05, 0.1) is 19.3 Å². The van der Waals surface area contributed by atoms with Gasteiger partial charge in [-0.05, 0) is 85.3 Å². The quantitative estimate of drug-likeness (QED) is 0.715. The van der Waals surface area contributed by atoms with Crippen LogP contribution in [0.5, 0.6) is 0 Å². The molecule has 5 aliphatic rings. The lowest BCUT2D eigenvalue weighted by molar-refractivity contribution is -0.120. The van der Waals surface area contributed by atoms with Gasteiger partial charge < -0.3 is 15.2 Å². The van der Waals surface area contributed by atoms with Crippen LogP contribution in [-0.2, 0) is 14.9 Å². The molecule has 1 aromatic rings. The fourth-order valence-corrected chi connectivity index (χ4v) is 7.18. The number of carbonyl (C=O) groups is 2. The number of likely N-dealkylation sites (tertiary alicyclic amines) is 1. The van der Waals surface area contributed by atoms with Gasteiger partial charge in [-0.15, -0.1) is 0 Å². The van der Waals surface area contributed by atoms with Crippen LogP contribution in [0, 0.1) is 23.7 Å². The Morgan fingerprint density at radius 3 is 2.22 bits per heavy atom. The Balaban J connectivity index is 1.24. The van der Waals surface area contributed by atoms with Crippen LogP contribution in [0.2, 0.25) is 0 Å². The zero-order chi connectivity index (χ0) is 22.5. The minimum Gasteiger partial charge on any atom is -0.449 e. The number of hydrogen-bond acceptors (Lipinski definition) is 4. The van der Waals surface area contributed by atoms with E-state index in [1.807, 2.05) is 26.0 Å². The monoisotopic (exact) mass is 440 g/mol. The highest BCUT2D eigenvalue weighted by atomic mass is 16.6. The second-order valence-corrected chi connectivity index (χ2v) is 11.3. The van der Waals surface area contributed by atoms with E-state index in [0.29, 0.717) is 12.0 Å². The van der Waals surface area contributed by atoms with Gasteiger partial charge in [-0.25, -0.2) is 4.79 Å². The fourth-order valence-electron chi connectivity index (χ4n) is 7.18. The summed E-state index contributed by atoms with van der Waals surface area (Å²) >= 11 is 0. The summed E-state index contributed by atoms with van der Waals surface area (Å²) in [5, 5.41) is 13.0. The molecule has 0 spiro atoms. The maximum Gasteiger partial charge on any atom is 0.410 e. The van der Waals surface area contributed by atoms with Crippen LogP contribution < -0.4 is 5.32 Å². The molecule has 2 N–H and O–H groups in total. The second kappa shape index (κ2) is 8.36. The summed E-state index contributed by atoms with van der Waals surface area (Å²) in [6.07, 6.45) is 7.22. The number of nitrogens with one attached hydrogen (secondary N) is 1. The summed E-state index contributed by atoms with van der Waals surface area (Å²) < 4.78 is 5.29. The minimum atomic E-state index is -0.715. The number of amides is 2. The van der Waals surface area contributed by atoms with Crippen molar-refractivity contribution in [3.05, 3.63) is 29.8 Å². The van der Waals surface area contributed by atoms with Crippen molar-refractivity contribution in [3.8, 4) is 0 Å². The van der Waals surface area contributed by atoms with E-state index in [0.717, 1.165) is 23.4 Å². The molecule has 6 rings (SSSR count).